The lowest BCUT2D eigenvalue weighted by Crippen LogP contribution is -1.99. The van der Waals surface area contributed by atoms with E-state index >= 15 is 0 Å². The molecule has 4 aromatic carbocycles. The van der Waals surface area contributed by atoms with Crippen molar-refractivity contribution in [1.29, 1.82) is 5.26 Å². The van der Waals surface area contributed by atoms with Crippen molar-refractivity contribution in [2.75, 3.05) is 0 Å². The zero-order chi connectivity index (χ0) is 26.2. The second-order valence-corrected chi connectivity index (χ2v) is 9.46. The first-order valence-corrected chi connectivity index (χ1v) is 12.8. The largest absolute Gasteiger partial charge is 0.294 e. The van der Waals surface area contributed by atoms with Crippen LogP contribution in [-0.2, 0) is 0 Å². The molecule has 39 heavy (non-hydrogen) atoms. The summed E-state index contributed by atoms with van der Waals surface area (Å²) in [5.74, 6) is 0.818. The fourth-order valence-electron chi connectivity index (χ4n) is 5.19. The summed E-state index contributed by atoms with van der Waals surface area (Å²) in [6, 6.07) is 46.0. The quantitative estimate of drug-likeness (QED) is 0.245. The minimum Gasteiger partial charge on any atom is -0.294 e. The first-order valence-electron chi connectivity index (χ1n) is 12.8. The van der Waals surface area contributed by atoms with Gasteiger partial charge in [-0.3, -0.25) is 9.55 Å². The topological polar surface area (TPSA) is 54.5 Å². The predicted molar refractivity (Wildman–Crippen MR) is 157 cm³/mol. The Morgan fingerprint density at radius 1 is 0.538 bits per heavy atom. The highest BCUT2D eigenvalue weighted by Crippen LogP contribution is 2.37. The van der Waals surface area contributed by atoms with Crippen molar-refractivity contribution in [2.45, 2.75) is 0 Å². The van der Waals surface area contributed by atoms with Crippen molar-refractivity contribution in [2.24, 2.45) is 0 Å². The third-order valence-corrected chi connectivity index (χ3v) is 7.10. The van der Waals surface area contributed by atoms with Gasteiger partial charge >= 0.3 is 0 Å². The van der Waals surface area contributed by atoms with Crippen LogP contribution >= 0.6 is 0 Å². The van der Waals surface area contributed by atoms with Gasteiger partial charge in [-0.15, -0.1) is 0 Å². The minimum absolute atomic E-state index is 0.528. The summed E-state index contributed by atoms with van der Waals surface area (Å²) in [5, 5.41) is 11.5. The fourth-order valence-corrected chi connectivity index (χ4v) is 5.19. The van der Waals surface area contributed by atoms with Gasteiger partial charge in [0.15, 0.2) is 0 Å². The lowest BCUT2D eigenvalue weighted by molar-refractivity contribution is 1.08. The van der Waals surface area contributed by atoms with Crippen LogP contribution in [0.3, 0.4) is 0 Å². The molecule has 0 radical (unpaired) electrons. The molecule has 3 aromatic heterocycles. The van der Waals surface area contributed by atoms with Gasteiger partial charge in [0.05, 0.1) is 28.0 Å². The number of hydrogen-bond acceptors (Lipinski definition) is 3. The van der Waals surface area contributed by atoms with Crippen molar-refractivity contribution in [3.63, 3.8) is 0 Å². The molecule has 0 aliphatic heterocycles. The standard InChI is InChI=1S/C35H22N4/c36-22-24-14-17-31(37-23-24)32-12-7-13-35(38-32)39-33-18-15-27(25-8-3-1-4-9-25)20-29(33)30-21-28(16-19-34(30)39)26-10-5-2-6-11-26/h1-21,23H. The van der Waals surface area contributed by atoms with Gasteiger partial charge in [-0.1, -0.05) is 78.9 Å². The molecule has 4 nitrogen and oxygen atoms in total. The molecule has 0 spiro atoms. The first-order chi connectivity index (χ1) is 19.3. The third kappa shape index (κ3) is 4.03. The maximum absolute atomic E-state index is 9.14. The molecule has 0 saturated heterocycles. The van der Waals surface area contributed by atoms with Crippen LogP contribution in [0.5, 0.6) is 0 Å². The van der Waals surface area contributed by atoms with Crippen molar-refractivity contribution < 1.29 is 0 Å². The molecule has 0 unspecified atom stereocenters. The van der Waals surface area contributed by atoms with Crippen molar-refractivity contribution >= 4 is 21.8 Å². The number of nitrogens with zero attached hydrogens (tertiary/aromatic N) is 4. The Balaban J connectivity index is 1.46. The average Bonchev–Trinajstić information content (AvgIpc) is 3.35. The molecule has 0 aliphatic rings. The van der Waals surface area contributed by atoms with Crippen molar-refractivity contribution in [3.05, 3.63) is 139 Å². The highest BCUT2D eigenvalue weighted by atomic mass is 15.1. The second kappa shape index (κ2) is 9.41. The lowest BCUT2D eigenvalue weighted by Gasteiger charge is -2.10. The maximum atomic E-state index is 9.14. The van der Waals surface area contributed by atoms with Crippen LogP contribution in [0.2, 0.25) is 0 Å². The summed E-state index contributed by atoms with van der Waals surface area (Å²) in [6.45, 7) is 0. The zero-order valence-electron chi connectivity index (χ0n) is 21.0. The number of nitriles is 1. The Morgan fingerprint density at radius 3 is 1.69 bits per heavy atom. The molecule has 182 valence electrons. The molecule has 7 aromatic rings. The summed E-state index contributed by atoms with van der Waals surface area (Å²) >= 11 is 0. The highest BCUT2D eigenvalue weighted by molar-refractivity contribution is 6.11. The Morgan fingerprint density at radius 2 is 1.15 bits per heavy atom. The maximum Gasteiger partial charge on any atom is 0.138 e. The number of hydrogen-bond donors (Lipinski definition) is 0. The number of aromatic nitrogens is 3. The Bertz CT molecular complexity index is 1900. The van der Waals surface area contributed by atoms with Gasteiger partial charge in [0, 0.05) is 17.0 Å². The molecular formula is C35H22N4. The SMILES string of the molecule is N#Cc1ccc(-c2cccc(-n3c4ccc(-c5ccccc5)cc4c4cc(-c5ccccc5)ccc43)n2)nc1. The Kier molecular flexibility index (Phi) is 5.46. The number of fused-ring (bicyclic) bond motifs is 3. The van der Waals surface area contributed by atoms with Crippen LogP contribution in [-0.4, -0.2) is 14.5 Å². The van der Waals surface area contributed by atoms with Crippen LogP contribution in [0.15, 0.2) is 134 Å². The molecule has 0 bridgehead atoms. The van der Waals surface area contributed by atoms with Crippen molar-refractivity contribution in [1.82, 2.24) is 14.5 Å². The van der Waals surface area contributed by atoms with Gasteiger partial charge in [-0.2, -0.15) is 5.26 Å². The van der Waals surface area contributed by atoms with Crippen molar-refractivity contribution in [3.8, 4) is 45.5 Å². The average molecular weight is 499 g/mol. The summed E-state index contributed by atoms with van der Waals surface area (Å²) in [6.07, 6.45) is 1.58. The second-order valence-electron chi connectivity index (χ2n) is 9.46. The van der Waals surface area contributed by atoms with Gasteiger partial charge in [-0.25, -0.2) is 4.98 Å². The van der Waals surface area contributed by atoms with E-state index in [1.54, 1.807) is 12.3 Å². The highest BCUT2D eigenvalue weighted by Gasteiger charge is 2.16. The minimum atomic E-state index is 0.528. The number of benzene rings is 4. The third-order valence-electron chi connectivity index (χ3n) is 7.10. The van der Waals surface area contributed by atoms with E-state index < -0.39 is 0 Å². The monoisotopic (exact) mass is 498 g/mol. The van der Waals surface area contributed by atoms with Crippen LogP contribution in [0, 0.1) is 11.3 Å². The molecule has 3 heterocycles. The number of rotatable bonds is 4. The molecule has 4 heteroatoms. The van der Waals surface area contributed by atoms with Crippen LogP contribution in [0.1, 0.15) is 5.56 Å². The molecule has 0 saturated carbocycles. The fraction of sp³-hybridized carbons (Fsp3) is 0. The van der Waals surface area contributed by atoms with Gasteiger partial charge in [0.25, 0.3) is 0 Å². The summed E-state index contributed by atoms with van der Waals surface area (Å²) in [5.41, 5.74) is 8.92. The van der Waals surface area contributed by atoms with E-state index in [2.05, 4.69) is 101 Å². The molecule has 0 N–H and O–H groups in total. The van der Waals surface area contributed by atoms with Gasteiger partial charge < -0.3 is 0 Å². The van der Waals surface area contributed by atoms with E-state index in [1.807, 2.05) is 36.4 Å². The lowest BCUT2D eigenvalue weighted by atomic mass is 10.0. The first kappa shape index (κ1) is 22.7. The van der Waals surface area contributed by atoms with E-state index in [9.17, 15) is 0 Å². The smallest absolute Gasteiger partial charge is 0.138 e. The van der Waals surface area contributed by atoms with E-state index in [-0.39, 0.29) is 0 Å². The van der Waals surface area contributed by atoms with Gasteiger partial charge in [0.1, 0.15) is 11.9 Å². The molecule has 0 atom stereocenters. The van der Waals surface area contributed by atoms with E-state index in [0.717, 1.165) is 28.2 Å². The van der Waals surface area contributed by atoms with E-state index in [4.69, 9.17) is 10.2 Å². The van der Waals surface area contributed by atoms with Crippen LogP contribution < -0.4 is 0 Å². The summed E-state index contributed by atoms with van der Waals surface area (Å²) in [4.78, 5) is 9.48. The molecular weight excluding hydrogens is 476 g/mol. The summed E-state index contributed by atoms with van der Waals surface area (Å²) in [7, 11) is 0. The van der Waals surface area contributed by atoms with E-state index in [1.165, 1.54) is 33.0 Å². The predicted octanol–water partition coefficient (Wildman–Crippen LogP) is 8.45. The Hall–Kier alpha value is -5.53. The van der Waals surface area contributed by atoms with Gasteiger partial charge in [0.2, 0.25) is 0 Å². The molecule has 0 fully saturated rings. The zero-order valence-corrected chi connectivity index (χ0v) is 21.0. The van der Waals surface area contributed by atoms with Gasteiger partial charge in [-0.05, 0) is 70.8 Å². The Labute approximate surface area is 226 Å². The molecule has 0 aliphatic carbocycles. The molecule has 7 rings (SSSR count). The molecule has 0 amide bonds. The van der Waals surface area contributed by atoms with Crippen LogP contribution in [0.25, 0.3) is 61.3 Å². The number of pyridine rings is 2. The van der Waals surface area contributed by atoms with E-state index in [0.29, 0.717) is 5.56 Å². The van der Waals surface area contributed by atoms with Crippen LogP contribution in [0.4, 0.5) is 0 Å². The summed E-state index contributed by atoms with van der Waals surface area (Å²) < 4.78 is 2.22. The normalized spacial score (nSPS) is 11.1.